The Kier molecular flexibility index (Phi) is 3.50. The van der Waals surface area contributed by atoms with Gasteiger partial charge in [0.25, 0.3) is 0 Å². The predicted octanol–water partition coefficient (Wildman–Crippen LogP) is 2.78. The summed E-state index contributed by atoms with van der Waals surface area (Å²) in [6, 6.07) is 0. The number of hydrogen-bond donors (Lipinski definition) is 0. The molecule has 0 aromatic rings. The van der Waals surface area contributed by atoms with Crippen LogP contribution in [0.2, 0.25) is 0 Å². The van der Waals surface area contributed by atoms with Crippen molar-refractivity contribution in [3.05, 3.63) is 0 Å². The number of rotatable bonds is 3. The highest BCUT2D eigenvalue weighted by molar-refractivity contribution is 6.19. The third-order valence-electron chi connectivity index (χ3n) is 2.04. The monoisotopic (exact) mass is 162 g/mol. The highest BCUT2D eigenvalue weighted by Gasteiger charge is 2.15. The van der Waals surface area contributed by atoms with Gasteiger partial charge in [-0.05, 0) is 25.7 Å². The lowest BCUT2D eigenvalue weighted by Crippen LogP contribution is -2.08. The minimum atomic E-state index is -0.111. The molecule has 1 atom stereocenters. The van der Waals surface area contributed by atoms with E-state index in [1.165, 1.54) is 25.7 Å². The zero-order chi connectivity index (χ0) is 7.40. The molecule has 0 aromatic heterocycles. The van der Waals surface area contributed by atoms with Gasteiger partial charge in [0.2, 0.25) is 0 Å². The van der Waals surface area contributed by atoms with Gasteiger partial charge in [0.15, 0.2) is 0 Å². The van der Waals surface area contributed by atoms with Gasteiger partial charge in [-0.2, -0.15) is 0 Å². The Hall–Kier alpha value is 0.250. The van der Waals surface area contributed by atoms with E-state index in [2.05, 4.69) is 0 Å². The lowest BCUT2D eigenvalue weighted by molar-refractivity contribution is 0.0877. The lowest BCUT2D eigenvalue weighted by atomic mass is 10.1. The first-order valence-corrected chi connectivity index (χ1v) is 4.48. The largest absolute Gasteiger partial charge is 0.363 e. The predicted molar refractivity (Wildman–Crippen MR) is 43.2 cm³/mol. The Balaban J connectivity index is 2.01. The average Bonchev–Trinajstić information content (AvgIpc) is 2.34. The van der Waals surface area contributed by atoms with Gasteiger partial charge < -0.3 is 4.74 Å². The quantitative estimate of drug-likeness (QED) is 0.580. The minimum absolute atomic E-state index is 0.111. The molecule has 10 heavy (non-hydrogen) atoms. The standard InChI is InChI=1S/C8H15ClO/c1-7(9)10-6-8-4-2-3-5-8/h7-8H,2-6H2,1H3. The van der Waals surface area contributed by atoms with E-state index < -0.39 is 0 Å². The Morgan fingerprint density at radius 2 is 2.10 bits per heavy atom. The maximum Gasteiger partial charge on any atom is 0.128 e. The third-order valence-corrected chi connectivity index (χ3v) is 2.16. The first-order valence-electron chi connectivity index (χ1n) is 4.04. The van der Waals surface area contributed by atoms with Gasteiger partial charge in [0.05, 0.1) is 6.61 Å². The van der Waals surface area contributed by atoms with E-state index in [4.69, 9.17) is 16.3 Å². The number of alkyl halides is 1. The Bertz CT molecular complexity index is 87.3. The first-order chi connectivity index (χ1) is 4.79. The van der Waals surface area contributed by atoms with Crippen LogP contribution in [0.5, 0.6) is 0 Å². The van der Waals surface area contributed by atoms with Gasteiger partial charge in [0.1, 0.15) is 5.56 Å². The van der Waals surface area contributed by atoms with Crippen LogP contribution >= 0.6 is 11.6 Å². The van der Waals surface area contributed by atoms with E-state index in [-0.39, 0.29) is 5.56 Å². The van der Waals surface area contributed by atoms with Crippen LogP contribution in [0, 0.1) is 5.92 Å². The maximum absolute atomic E-state index is 5.63. The molecule has 0 N–H and O–H groups in total. The fourth-order valence-electron chi connectivity index (χ4n) is 1.45. The van der Waals surface area contributed by atoms with Gasteiger partial charge in [0, 0.05) is 0 Å². The van der Waals surface area contributed by atoms with Crippen molar-refractivity contribution in [1.82, 2.24) is 0 Å². The second-order valence-corrected chi connectivity index (χ2v) is 3.64. The van der Waals surface area contributed by atoms with Crippen molar-refractivity contribution in [3.8, 4) is 0 Å². The molecule has 0 saturated heterocycles. The summed E-state index contributed by atoms with van der Waals surface area (Å²) >= 11 is 5.63. The van der Waals surface area contributed by atoms with Crippen LogP contribution in [-0.4, -0.2) is 12.2 Å². The van der Waals surface area contributed by atoms with E-state index >= 15 is 0 Å². The Labute approximate surface area is 67.7 Å². The van der Waals surface area contributed by atoms with Gasteiger partial charge in [-0.1, -0.05) is 24.4 Å². The van der Waals surface area contributed by atoms with E-state index in [0.717, 1.165) is 12.5 Å². The van der Waals surface area contributed by atoms with Crippen LogP contribution in [0.15, 0.2) is 0 Å². The lowest BCUT2D eigenvalue weighted by Gasteiger charge is -2.10. The van der Waals surface area contributed by atoms with Gasteiger partial charge >= 0.3 is 0 Å². The van der Waals surface area contributed by atoms with E-state index in [1.54, 1.807) is 0 Å². The van der Waals surface area contributed by atoms with Crippen molar-refractivity contribution in [2.45, 2.75) is 38.2 Å². The van der Waals surface area contributed by atoms with E-state index in [1.807, 2.05) is 6.92 Å². The fourth-order valence-corrected chi connectivity index (χ4v) is 1.52. The molecule has 1 nitrogen and oxygen atoms in total. The minimum Gasteiger partial charge on any atom is -0.363 e. The second kappa shape index (κ2) is 4.20. The van der Waals surface area contributed by atoms with Crippen molar-refractivity contribution in [1.29, 1.82) is 0 Å². The van der Waals surface area contributed by atoms with Crippen LogP contribution in [0.25, 0.3) is 0 Å². The van der Waals surface area contributed by atoms with Crippen molar-refractivity contribution < 1.29 is 4.74 Å². The number of ether oxygens (including phenoxy) is 1. The normalized spacial score (nSPS) is 23.4. The van der Waals surface area contributed by atoms with Crippen molar-refractivity contribution in [2.75, 3.05) is 6.61 Å². The molecule has 2 heteroatoms. The molecule has 0 spiro atoms. The summed E-state index contributed by atoms with van der Waals surface area (Å²) in [6.45, 7) is 2.74. The van der Waals surface area contributed by atoms with Crippen LogP contribution in [0.1, 0.15) is 32.6 Å². The van der Waals surface area contributed by atoms with Crippen LogP contribution in [0.4, 0.5) is 0 Å². The summed E-state index contributed by atoms with van der Waals surface area (Å²) in [6.07, 6.45) is 5.43. The van der Waals surface area contributed by atoms with E-state index in [0.29, 0.717) is 0 Å². The van der Waals surface area contributed by atoms with Crippen molar-refractivity contribution in [3.63, 3.8) is 0 Å². The van der Waals surface area contributed by atoms with Gasteiger partial charge in [-0.15, -0.1) is 0 Å². The van der Waals surface area contributed by atoms with Crippen molar-refractivity contribution >= 4 is 11.6 Å². The summed E-state index contributed by atoms with van der Waals surface area (Å²) in [5.74, 6) is 0.793. The van der Waals surface area contributed by atoms with E-state index in [9.17, 15) is 0 Å². The van der Waals surface area contributed by atoms with Crippen LogP contribution in [0.3, 0.4) is 0 Å². The molecule has 1 saturated carbocycles. The Morgan fingerprint density at radius 1 is 1.50 bits per heavy atom. The molecule has 0 bridgehead atoms. The molecule has 0 aromatic carbocycles. The number of halogens is 1. The van der Waals surface area contributed by atoms with Gasteiger partial charge in [-0.25, -0.2) is 0 Å². The molecule has 0 amide bonds. The van der Waals surface area contributed by atoms with Crippen LogP contribution in [-0.2, 0) is 4.74 Å². The van der Waals surface area contributed by atoms with Gasteiger partial charge in [-0.3, -0.25) is 0 Å². The fraction of sp³-hybridized carbons (Fsp3) is 1.00. The molecule has 1 unspecified atom stereocenters. The molecule has 1 fully saturated rings. The summed E-state index contributed by atoms with van der Waals surface area (Å²) in [5.41, 5.74) is -0.111. The molecule has 1 aliphatic rings. The second-order valence-electron chi connectivity index (χ2n) is 3.03. The number of hydrogen-bond acceptors (Lipinski definition) is 1. The first kappa shape index (κ1) is 8.35. The summed E-state index contributed by atoms with van der Waals surface area (Å²) in [7, 11) is 0. The molecular formula is C8H15ClO. The maximum atomic E-state index is 5.63. The molecule has 1 aliphatic carbocycles. The third kappa shape index (κ3) is 2.89. The summed E-state index contributed by atoms with van der Waals surface area (Å²) < 4.78 is 5.29. The highest BCUT2D eigenvalue weighted by Crippen LogP contribution is 2.25. The molecule has 0 aliphatic heterocycles. The Morgan fingerprint density at radius 3 is 2.60 bits per heavy atom. The molecule has 1 rings (SSSR count). The van der Waals surface area contributed by atoms with Crippen molar-refractivity contribution in [2.24, 2.45) is 5.92 Å². The molecule has 60 valence electrons. The molecule has 0 heterocycles. The molecule has 0 radical (unpaired) electrons. The summed E-state index contributed by atoms with van der Waals surface area (Å²) in [4.78, 5) is 0. The smallest absolute Gasteiger partial charge is 0.128 e. The summed E-state index contributed by atoms with van der Waals surface area (Å²) in [5, 5.41) is 0. The van der Waals surface area contributed by atoms with Crippen LogP contribution < -0.4 is 0 Å². The topological polar surface area (TPSA) is 9.23 Å². The zero-order valence-electron chi connectivity index (χ0n) is 6.48. The average molecular weight is 163 g/mol. The highest BCUT2D eigenvalue weighted by atomic mass is 35.5. The SMILES string of the molecule is CC(Cl)OCC1CCCC1. The zero-order valence-corrected chi connectivity index (χ0v) is 7.23. The molecular weight excluding hydrogens is 148 g/mol.